The first kappa shape index (κ1) is 78.5. The highest BCUT2D eigenvalue weighted by molar-refractivity contribution is 5.71. The van der Waals surface area contributed by atoms with Gasteiger partial charge in [-0.15, -0.1) is 0 Å². The Hall–Kier alpha value is -4.45. The van der Waals surface area contributed by atoms with Crippen LogP contribution in [0.4, 0.5) is 0 Å². The lowest BCUT2D eigenvalue weighted by Crippen LogP contribution is -2.30. The molecule has 0 rings (SSSR count). The van der Waals surface area contributed by atoms with Crippen molar-refractivity contribution < 1.29 is 28.6 Å². The predicted molar refractivity (Wildman–Crippen MR) is 362 cm³/mol. The van der Waals surface area contributed by atoms with E-state index in [-0.39, 0.29) is 31.1 Å². The van der Waals surface area contributed by atoms with Crippen molar-refractivity contribution in [1.82, 2.24) is 0 Å². The average molecular weight is 1150 g/mol. The molecule has 0 spiro atoms. The van der Waals surface area contributed by atoms with E-state index in [0.717, 1.165) is 135 Å². The second kappa shape index (κ2) is 70.0. The molecule has 0 radical (unpaired) electrons. The maximum Gasteiger partial charge on any atom is 0.306 e. The summed E-state index contributed by atoms with van der Waals surface area (Å²) < 4.78 is 17.0. The van der Waals surface area contributed by atoms with Crippen molar-refractivity contribution in [1.29, 1.82) is 0 Å². The number of ether oxygens (including phenoxy) is 3. The molecular formula is C77H128O6. The van der Waals surface area contributed by atoms with Crippen molar-refractivity contribution in [2.75, 3.05) is 13.2 Å². The monoisotopic (exact) mass is 1150 g/mol. The fourth-order valence-electron chi connectivity index (χ4n) is 9.49. The maximum atomic E-state index is 13.0. The number of rotatable bonds is 62. The molecule has 0 aliphatic carbocycles. The van der Waals surface area contributed by atoms with E-state index in [1.807, 2.05) is 0 Å². The molecule has 0 saturated carbocycles. The van der Waals surface area contributed by atoms with E-state index in [4.69, 9.17) is 14.2 Å². The van der Waals surface area contributed by atoms with Crippen LogP contribution in [-0.2, 0) is 28.6 Å². The van der Waals surface area contributed by atoms with Gasteiger partial charge in [-0.2, -0.15) is 0 Å². The van der Waals surface area contributed by atoms with Gasteiger partial charge >= 0.3 is 17.9 Å². The van der Waals surface area contributed by atoms with Crippen molar-refractivity contribution in [3.05, 3.63) is 134 Å². The lowest BCUT2D eigenvalue weighted by Gasteiger charge is -2.18. The van der Waals surface area contributed by atoms with E-state index in [1.54, 1.807) is 0 Å². The molecule has 0 N–H and O–H groups in total. The van der Waals surface area contributed by atoms with Crippen LogP contribution in [0.3, 0.4) is 0 Å². The summed E-state index contributed by atoms with van der Waals surface area (Å²) in [6, 6.07) is 0. The first-order valence-corrected chi connectivity index (χ1v) is 34.7. The summed E-state index contributed by atoms with van der Waals surface area (Å²) in [7, 11) is 0. The van der Waals surface area contributed by atoms with Gasteiger partial charge in [-0.3, -0.25) is 14.4 Å². The number of esters is 3. The van der Waals surface area contributed by atoms with Gasteiger partial charge < -0.3 is 14.2 Å². The van der Waals surface area contributed by atoms with Crippen LogP contribution < -0.4 is 0 Å². The van der Waals surface area contributed by atoms with Gasteiger partial charge in [-0.05, 0) is 135 Å². The molecule has 0 amide bonds. The van der Waals surface area contributed by atoms with Crippen molar-refractivity contribution >= 4 is 17.9 Å². The van der Waals surface area contributed by atoms with Crippen LogP contribution in [0.1, 0.15) is 316 Å². The summed E-state index contributed by atoms with van der Waals surface area (Å²) in [5, 5.41) is 0. The molecule has 6 nitrogen and oxygen atoms in total. The highest BCUT2D eigenvalue weighted by Gasteiger charge is 2.19. The molecule has 0 aromatic rings. The molecule has 0 aliphatic heterocycles. The van der Waals surface area contributed by atoms with Crippen molar-refractivity contribution in [2.24, 2.45) is 0 Å². The number of unbranched alkanes of at least 4 members (excludes halogenated alkanes) is 29. The Balaban J connectivity index is 4.46. The minimum absolute atomic E-state index is 0.0915. The fraction of sp³-hybridized carbons (Fsp3) is 0.675. The Kier molecular flexibility index (Phi) is 66.3. The quantitative estimate of drug-likeness (QED) is 0.0261. The molecule has 6 heteroatoms. The Morgan fingerprint density at radius 1 is 0.253 bits per heavy atom. The highest BCUT2D eigenvalue weighted by Crippen LogP contribution is 2.16. The molecule has 0 heterocycles. The van der Waals surface area contributed by atoms with Gasteiger partial charge in [0.15, 0.2) is 6.10 Å². The number of carbonyl (C=O) groups is 3. The predicted octanol–water partition coefficient (Wildman–Crippen LogP) is 24.1. The first-order valence-electron chi connectivity index (χ1n) is 34.7. The second-order valence-corrected chi connectivity index (χ2v) is 22.7. The number of allylic oxidation sites excluding steroid dienone is 22. The zero-order valence-electron chi connectivity index (χ0n) is 54.2. The largest absolute Gasteiger partial charge is 0.462 e. The maximum absolute atomic E-state index is 13.0. The van der Waals surface area contributed by atoms with Crippen molar-refractivity contribution in [3.8, 4) is 0 Å². The van der Waals surface area contributed by atoms with E-state index < -0.39 is 6.10 Å². The molecular weight excluding hydrogens is 1020 g/mol. The van der Waals surface area contributed by atoms with E-state index in [2.05, 4.69) is 154 Å². The van der Waals surface area contributed by atoms with Crippen molar-refractivity contribution in [2.45, 2.75) is 322 Å². The van der Waals surface area contributed by atoms with Gasteiger partial charge in [0.1, 0.15) is 13.2 Å². The van der Waals surface area contributed by atoms with Gasteiger partial charge in [0.05, 0.1) is 0 Å². The van der Waals surface area contributed by atoms with E-state index in [9.17, 15) is 14.4 Å². The van der Waals surface area contributed by atoms with Gasteiger partial charge in [-0.1, -0.05) is 296 Å². The van der Waals surface area contributed by atoms with Gasteiger partial charge in [0.2, 0.25) is 0 Å². The summed E-state index contributed by atoms with van der Waals surface area (Å²) in [6.07, 6.45) is 98.9. The smallest absolute Gasteiger partial charge is 0.306 e. The molecule has 83 heavy (non-hydrogen) atoms. The van der Waals surface area contributed by atoms with Crippen LogP contribution in [0.2, 0.25) is 0 Å². The highest BCUT2D eigenvalue weighted by atomic mass is 16.6. The normalized spacial score (nSPS) is 13.0. The van der Waals surface area contributed by atoms with Crippen LogP contribution in [0.5, 0.6) is 0 Å². The van der Waals surface area contributed by atoms with E-state index in [0.29, 0.717) is 19.3 Å². The lowest BCUT2D eigenvalue weighted by atomic mass is 10.0. The molecule has 0 aliphatic rings. The van der Waals surface area contributed by atoms with E-state index in [1.165, 1.54) is 141 Å². The molecule has 472 valence electrons. The van der Waals surface area contributed by atoms with Crippen LogP contribution in [-0.4, -0.2) is 37.2 Å². The van der Waals surface area contributed by atoms with Crippen LogP contribution >= 0.6 is 0 Å². The topological polar surface area (TPSA) is 78.9 Å². The molecule has 0 aromatic carbocycles. The Bertz CT molecular complexity index is 1750. The molecule has 0 saturated heterocycles. The average Bonchev–Trinajstić information content (AvgIpc) is 3.49. The summed E-state index contributed by atoms with van der Waals surface area (Å²) in [5.41, 5.74) is 0. The number of carbonyl (C=O) groups excluding carboxylic acids is 3. The Morgan fingerprint density at radius 3 is 0.747 bits per heavy atom. The zero-order valence-corrected chi connectivity index (χ0v) is 54.2. The van der Waals surface area contributed by atoms with Gasteiger partial charge in [0.25, 0.3) is 0 Å². The third kappa shape index (κ3) is 68.2. The number of hydrogen-bond donors (Lipinski definition) is 0. The molecule has 0 bridgehead atoms. The summed E-state index contributed by atoms with van der Waals surface area (Å²) in [5.74, 6) is -0.915. The molecule has 1 unspecified atom stereocenters. The molecule has 0 fully saturated rings. The van der Waals surface area contributed by atoms with Crippen LogP contribution in [0.25, 0.3) is 0 Å². The minimum Gasteiger partial charge on any atom is -0.462 e. The van der Waals surface area contributed by atoms with Crippen LogP contribution in [0, 0.1) is 0 Å². The third-order valence-electron chi connectivity index (χ3n) is 14.6. The summed E-state index contributed by atoms with van der Waals surface area (Å²) in [4.78, 5) is 38.5. The second-order valence-electron chi connectivity index (χ2n) is 22.7. The minimum atomic E-state index is -0.799. The van der Waals surface area contributed by atoms with Gasteiger partial charge in [0, 0.05) is 19.3 Å². The van der Waals surface area contributed by atoms with Crippen molar-refractivity contribution in [3.63, 3.8) is 0 Å². The first-order chi connectivity index (χ1) is 41.0. The summed E-state index contributed by atoms with van der Waals surface area (Å²) in [6.45, 7) is 6.41. The zero-order chi connectivity index (χ0) is 59.9. The fourth-order valence-corrected chi connectivity index (χ4v) is 9.49. The lowest BCUT2D eigenvalue weighted by molar-refractivity contribution is -0.167. The third-order valence-corrected chi connectivity index (χ3v) is 14.6. The number of hydrogen-bond acceptors (Lipinski definition) is 6. The SMILES string of the molecule is CC/C=C\C/C=C\C/C=C\C/C=C\C/C=C\C/C=C\CCCCCCC(=O)OCC(COC(=O)CCCCCCCCCCC/C=C\CCCCCCCC)OC(=O)CCCCCCCCCCCC/C=C\C/C=C\C/C=C\C/C=C\CC. The Morgan fingerprint density at radius 2 is 0.470 bits per heavy atom. The summed E-state index contributed by atoms with van der Waals surface area (Å²) >= 11 is 0. The van der Waals surface area contributed by atoms with Gasteiger partial charge in [-0.25, -0.2) is 0 Å². The molecule has 1 atom stereocenters. The van der Waals surface area contributed by atoms with Crippen LogP contribution in [0.15, 0.2) is 134 Å². The standard InChI is InChI=1S/C77H128O6/c1-4-7-10-13-16-19-22-25-28-31-34-36-38-40-43-46-49-52-55-58-61-64-67-70-76(79)82-73-74(72-81-75(78)69-66-63-60-57-54-51-48-45-42-33-30-27-24-21-18-15-12-9-6-3)83-77(80)71-68-65-62-59-56-53-50-47-44-41-39-37-35-32-29-26-23-20-17-14-11-8-5-2/h7-8,10-11,16-17,19-20,25-30,34-37,40,43,49,52,74H,4-6,9,12-15,18,21-24,31-33,38-39,41-42,44-48,50-51,53-73H2,1-3H3/b10-7-,11-8-,19-16-,20-17-,28-25-,29-26-,30-27-,36-34-,37-35-,43-40-,52-49-. The Labute approximate surface area is 513 Å². The molecule has 0 aromatic heterocycles. The van der Waals surface area contributed by atoms with E-state index >= 15 is 0 Å².